The Morgan fingerprint density at radius 2 is 2.00 bits per heavy atom. The lowest BCUT2D eigenvalue weighted by atomic mass is 10.3. The van der Waals surface area contributed by atoms with Gasteiger partial charge in [-0.25, -0.2) is 9.97 Å². The first kappa shape index (κ1) is 10.4. The second-order valence-electron chi connectivity index (χ2n) is 3.06. The lowest BCUT2D eigenvalue weighted by Gasteiger charge is -2.08. The largest absolute Gasteiger partial charge is 0.475 e. The number of aromatic nitrogens is 2. The van der Waals surface area contributed by atoms with E-state index in [2.05, 4.69) is 15.3 Å². The molecular formula is C11H11N3O2. The summed E-state index contributed by atoms with van der Waals surface area (Å²) in [4.78, 5) is 19.0. The van der Waals surface area contributed by atoms with E-state index in [0.717, 1.165) is 11.0 Å². The Kier molecular flexibility index (Phi) is 2.95. The van der Waals surface area contributed by atoms with E-state index in [1.165, 1.54) is 0 Å². The summed E-state index contributed by atoms with van der Waals surface area (Å²) < 4.78 is 5.30. The standard InChI is InChI=1S/C11H11N3O2/c1-2-16-11-10(12-7-15)13-8-5-3-4-6-9(8)14-11/h3-7H,2H2,1H3,(H,12,13,15). The van der Waals surface area contributed by atoms with E-state index in [-0.39, 0.29) is 0 Å². The molecule has 0 spiro atoms. The zero-order valence-corrected chi connectivity index (χ0v) is 8.80. The predicted octanol–water partition coefficient (Wildman–Crippen LogP) is 1.60. The maximum atomic E-state index is 10.4. The maximum Gasteiger partial charge on any atom is 0.258 e. The predicted molar refractivity (Wildman–Crippen MR) is 60.4 cm³/mol. The summed E-state index contributed by atoms with van der Waals surface area (Å²) in [5.41, 5.74) is 1.46. The number of nitrogens with zero attached hydrogens (tertiary/aromatic N) is 2. The van der Waals surface area contributed by atoms with E-state index in [1.807, 2.05) is 31.2 Å². The molecule has 1 N–H and O–H groups in total. The van der Waals surface area contributed by atoms with E-state index >= 15 is 0 Å². The zero-order valence-electron chi connectivity index (χ0n) is 8.80. The van der Waals surface area contributed by atoms with Crippen LogP contribution in [-0.4, -0.2) is 23.0 Å². The molecule has 82 valence electrons. The number of benzene rings is 1. The van der Waals surface area contributed by atoms with Gasteiger partial charge in [0.05, 0.1) is 17.6 Å². The SMILES string of the molecule is CCOc1nc2ccccc2nc1NC=O. The van der Waals surface area contributed by atoms with Gasteiger partial charge in [0.1, 0.15) is 0 Å². The lowest BCUT2D eigenvalue weighted by molar-refractivity contribution is -0.105. The molecule has 0 saturated heterocycles. The molecule has 0 fully saturated rings. The highest BCUT2D eigenvalue weighted by Crippen LogP contribution is 2.22. The summed E-state index contributed by atoms with van der Waals surface area (Å²) in [5.74, 6) is 0.684. The first-order valence-corrected chi connectivity index (χ1v) is 4.95. The summed E-state index contributed by atoms with van der Waals surface area (Å²) in [7, 11) is 0. The van der Waals surface area contributed by atoms with Gasteiger partial charge < -0.3 is 10.1 Å². The van der Waals surface area contributed by atoms with Crippen molar-refractivity contribution < 1.29 is 9.53 Å². The van der Waals surface area contributed by atoms with Crippen LogP contribution >= 0.6 is 0 Å². The summed E-state index contributed by atoms with van der Waals surface area (Å²) in [6.07, 6.45) is 0.557. The van der Waals surface area contributed by atoms with Gasteiger partial charge in [0.25, 0.3) is 5.88 Å². The van der Waals surface area contributed by atoms with Crippen LogP contribution in [0.4, 0.5) is 5.82 Å². The molecule has 0 bridgehead atoms. The topological polar surface area (TPSA) is 64.1 Å². The number of carbonyl (C=O) groups excluding carboxylic acids is 1. The molecule has 1 aromatic heterocycles. The normalized spacial score (nSPS) is 10.1. The van der Waals surface area contributed by atoms with E-state index in [1.54, 1.807) is 0 Å². The number of nitrogens with one attached hydrogen (secondary N) is 1. The molecule has 0 saturated carbocycles. The molecule has 5 heteroatoms. The number of rotatable bonds is 4. The molecule has 0 radical (unpaired) electrons. The fourth-order valence-corrected chi connectivity index (χ4v) is 1.37. The number of anilines is 1. The molecule has 1 amide bonds. The Bertz CT molecular complexity index is 514. The van der Waals surface area contributed by atoms with Gasteiger partial charge in [-0.1, -0.05) is 12.1 Å². The molecule has 0 aliphatic carbocycles. The smallest absolute Gasteiger partial charge is 0.258 e. The molecule has 16 heavy (non-hydrogen) atoms. The summed E-state index contributed by atoms with van der Waals surface area (Å²) in [5, 5.41) is 2.47. The number of amides is 1. The van der Waals surface area contributed by atoms with Crippen LogP contribution in [0.1, 0.15) is 6.92 Å². The molecule has 2 aromatic rings. The summed E-state index contributed by atoms with van der Waals surface area (Å²) in [6, 6.07) is 7.41. The minimum Gasteiger partial charge on any atom is -0.475 e. The van der Waals surface area contributed by atoms with Crippen molar-refractivity contribution in [2.45, 2.75) is 6.92 Å². The maximum absolute atomic E-state index is 10.4. The van der Waals surface area contributed by atoms with Crippen molar-refractivity contribution in [1.29, 1.82) is 0 Å². The summed E-state index contributed by atoms with van der Waals surface area (Å²) in [6.45, 7) is 2.32. The molecular weight excluding hydrogens is 206 g/mol. The second kappa shape index (κ2) is 4.57. The van der Waals surface area contributed by atoms with Crippen molar-refractivity contribution in [3.8, 4) is 5.88 Å². The van der Waals surface area contributed by atoms with Gasteiger partial charge >= 0.3 is 0 Å². The quantitative estimate of drug-likeness (QED) is 0.790. The van der Waals surface area contributed by atoms with Crippen LogP contribution in [0.5, 0.6) is 5.88 Å². The molecule has 2 rings (SSSR count). The highest BCUT2D eigenvalue weighted by atomic mass is 16.5. The van der Waals surface area contributed by atoms with Crippen molar-refractivity contribution in [2.24, 2.45) is 0 Å². The molecule has 0 aliphatic heterocycles. The number of para-hydroxylation sites is 2. The molecule has 1 aromatic carbocycles. The van der Waals surface area contributed by atoms with E-state index in [0.29, 0.717) is 24.7 Å². The third-order valence-corrected chi connectivity index (χ3v) is 2.02. The average Bonchev–Trinajstić information content (AvgIpc) is 2.30. The van der Waals surface area contributed by atoms with Crippen molar-refractivity contribution in [3.05, 3.63) is 24.3 Å². The van der Waals surface area contributed by atoms with Gasteiger partial charge in [0.2, 0.25) is 6.41 Å². The van der Waals surface area contributed by atoms with E-state index < -0.39 is 0 Å². The molecule has 0 unspecified atom stereocenters. The third kappa shape index (κ3) is 1.93. The van der Waals surface area contributed by atoms with Crippen LogP contribution in [0, 0.1) is 0 Å². The minimum absolute atomic E-state index is 0.341. The van der Waals surface area contributed by atoms with Gasteiger partial charge in [-0.05, 0) is 19.1 Å². The second-order valence-corrected chi connectivity index (χ2v) is 3.06. The Hall–Kier alpha value is -2.17. The number of carbonyl (C=O) groups is 1. The minimum atomic E-state index is 0.341. The van der Waals surface area contributed by atoms with E-state index in [4.69, 9.17) is 4.74 Å². The van der Waals surface area contributed by atoms with Gasteiger partial charge in [-0.2, -0.15) is 0 Å². The van der Waals surface area contributed by atoms with Crippen LogP contribution in [0.25, 0.3) is 11.0 Å². The van der Waals surface area contributed by atoms with Crippen molar-refractivity contribution in [3.63, 3.8) is 0 Å². The molecule has 1 heterocycles. The molecule has 5 nitrogen and oxygen atoms in total. The van der Waals surface area contributed by atoms with Gasteiger partial charge in [0, 0.05) is 0 Å². The Labute approximate surface area is 92.5 Å². The summed E-state index contributed by atoms with van der Waals surface area (Å²) >= 11 is 0. The monoisotopic (exact) mass is 217 g/mol. The highest BCUT2D eigenvalue weighted by Gasteiger charge is 2.08. The number of hydrogen-bond donors (Lipinski definition) is 1. The van der Waals surface area contributed by atoms with Crippen molar-refractivity contribution >= 4 is 23.3 Å². The van der Waals surface area contributed by atoms with Crippen molar-refractivity contribution in [1.82, 2.24) is 9.97 Å². The van der Waals surface area contributed by atoms with Crippen LogP contribution in [0.3, 0.4) is 0 Å². The van der Waals surface area contributed by atoms with Gasteiger partial charge in [-0.15, -0.1) is 0 Å². The van der Waals surface area contributed by atoms with Gasteiger partial charge in [-0.3, -0.25) is 4.79 Å². The number of ether oxygens (including phenoxy) is 1. The Morgan fingerprint density at radius 3 is 2.62 bits per heavy atom. The number of fused-ring (bicyclic) bond motifs is 1. The van der Waals surface area contributed by atoms with Gasteiger partial charge in [0.15, 0.2) is 5.82 Å². The average molecular weight is 217 g/mol. The first-order valence-electron chi connectivity index (χ1n) is 4.95. The highest BCUT2D eigenvalue weighted by molar-refractivity contribution is 5.80. The fraction of sp³-hybridized carbons (Fsp3) is 0.182. The van der Waals surface area contributed by atoms with Crippen LogP contribution in [0.15, 0.2) is 24.3 Å². The fourth-order valence-electron chi connectivity index (χ4n) is 1.37. The third-order valence-electron chi connectivity index (χ3n) is 2.02. The van der Waals surface area contributed by atoms with E-state index in [9.17, 15) is 4.79 Å². The molecule has 0 aliphatic rings. The Morgan fingerprint density at radius 1 is 1.31 bits per heavy atom. The van der Waals surface area contributed by atoms with Crippen molar-refractivity contribution in [2.75, 3.05) is 11.9 Å². The van der Waals surface area contributed by atoms with Crippen LogP contribution in [0.2, 0.25) is 0 Å². The lowest BCUT2D eigenvalue weighted by Crippen LogP contribution is -2.04. The van der Waals surface area contributed by atoms with Crippen LogP contribution in [-0.2, 0) is 4.79 Å². The molecule has 0 atom stereocenters. The first-order chi connectivity index (χ1) is 7.85. The van der Waals surface area contributed by atoms with Crippen LogP contribution < -0.4 is 10.1 Å². The Balaban J connectivity index is 2.55. The number of hydrogen-bond acceptors (Lipinski definition) is 4. The zero-order chi connectivity index (χ0) is 11.4.